The first-order valence-electron chi connectivity index (χ1n) is 16.2. The molecule has 0 unspecified atom stereocenters. The minimum absolute atomic E-state index is 0.342. The van der Waals surface area contributed by atoms with Crippen LogP contribution in [0.25, 0.3) is 21.8 Å². The van der Waals surface area contributed by atoms with Crippen molar-refractivity contribution in [1.29, 1.82) is 0 Å². The molecule has 0 N–H and O–H groups in total. The Morgan fingerprint density at radius 2 is 1.08 bits per heavy atom. The van der Waals surface area contributed by atoms with Gasteiger partial charge in [-0.05, 0) is 40.2 Å². The number of aromatic nitrogens is 1. The van der Waals surface area contributed by atoms with Crippen LogP contribution in [0.2, 0.25) is 0 Å². The van der Waals surface area contributed by atoms with Gasteiger partial charge in [0, 0.05) is 33.8 Å². The molecule has 0 bridgehead atoms. The minimum Gasteiger partial charge on any atom is -0.399 e. The summed E-state index contributed by atoms with van der Waals surface area (Å²) in [5, 5.41) is 2.63. The molecule has 0 radical (unpaired) electrons. The predicted octanol–water partition coefficient (Wildman–Crippen LogP) is 9.97. The van der Waals surface area contributed by atoms with Gasteiger partial charge in [-0.2, -0.15) is 0 Å². The molecule has 2 aromatic carbocycles. The second-order valence-corrected chi connectivity index (χ2v) is 13.0. The lowest BCUT2D eigenvalue weighted by Gasteiger charge is -2.32. The fraction of sp³-hybridized carbons (Fsp3) is 0.657. The zero-order valence-corrected chi connectivity index (χ0v) is 25.7. The summed E-state index contributed by atoms with van der Waals surface area (Å²) in [5.74, 6) is 0. The van der Waals surface area contributed by atoms with Crippen molar-refractivity contribution in [3.63, 3.8) is 0 Å². The van der Waals surface area contributed by atoms with Crippen molar-refractivity contribution in [2.75, 3.05) is 0 Å². The van der Waals surface area contributed by atoms with E-state index in [1.807, 2.05) is 0 Å². The maximum absolute atomic E-state index is 6.50. The Labute approximate surface area is 239 Å². The van der Waals surface area contributed by atoms with Gasteiger partial charge in [-0.15, -0.1) is 0 Å². The summed E-state index contributed by atoms with van der Waals surface area (Å²) in [6, 6.07) is 15.5. The molecule has 1 aliphatic heterocycles. The Morgan fingerprint density at radius 1 is 0.590 bits per heavy atom. The van der Waals surface area contributed by atoms with Gasteiger partial charge in [0.2, 0.25) is 0 Å². The highest BCUT2D eigenvalue weighted by Gasteiger charge is 2.52. The molecule has 0 atom stereocenters. The fourth-order valence-electron chi connectivity index (χ4n) is 6.17. The number of rotatable bonds is 17. The van der Waals surface area contributed by atoms with Crippen molar-refractivity contribution in [2.24, 2.45) is 0 Å². The Morgan fingerprint density at radius 3 is 1.64 bits per heavy atom. The first-order chi connectivity index (χ1) is 18.9. The number of hydrogen-bond acceptors (Lipinski definition) is 2. The molecule has 39 heavy (non-hydrogen) atoms. The molecule has 0 amide bonds. The van der Waals surface area contributed by atoms with Gasteiger partial charge in [0.25, 0.3) is 0 Å². The van der Waals surface area contributed by atoms with E-state index in [0.29, 0.717) is 0 Å². The molecule has 1 saturated heterocycles. The van der Waals surface area contributed by atoms with Crippen LogP contribution in [0.3, 0.4) is 0 Å². The standard InChI is InChI=1S/C35H54BNO2/c1-6-7-8-9-10-11-12-13-14-15-16-17-18-19-22-28-37-32-27-21-20-24-29(32)30-25-23-26-31(33(30)37)36-38-34(2,3)35(4,5)39-36/h20-21,23-27H,6-19,22,28H2,1-5H3. The zero-order valence-electron chi connectivity index (χ0n) is 25.7. The number of aryl methyl sites for hydroxylation is 1. The van der Waals surface area contributed by atoms with Crippen LogP contribution in [0.5, 0.6) is 0 Å². The molecule has 0 saturated carbocycles. The van der Waals surface area contributed by atoms with Gasteiger partial charge in [0.05, 0.1) is 11.2 Å². The monoisotopic (exact) mass is 531 g/mol. The van der Waals surface area contributed by atoms with Crippen LogP contribution in [0.15, 0.2) is 42.5 Å². The van der Waals surface area contributed by atoms with Crippen molar-refractivity contribution in [3.05, 3.63) is 42.5 Å². The third kappa shape index (κ3) is 7.50. The van der Waals surface area contributed by atoms with Crippen molar-refractivity contribution < 1.29 is 9.31 Å². The lowest BCUT2D eigenvalue weighted by molar-refractivity contribution is 0.00578. The van der Waals surface area contributed by atoms with Crippen LogP contribution >= 0.6 is 0 Å². The SMILES string of the molecule is CCCCCCCCCCCCCCCCCn1c2ccccc2c2cccc(B3OC(C)(C)C(C)(C)O3)c21. The van der Waals surface area contributed by atoms with Gasteiger partial charge >= 0.3 is 7.12 Å². The Hall–Kier alpha value is -1.78. The van der Waals surface area contributed by atoms with E-state index in [1.165, 1.54) is 118 Å². The van der Waals surface area contributed by atoms with Crippen molar-refractivity contribution >= 4 is 34.4 Å². The maximum atomic E-state index is 6.50. The summed E-state index contributed by atoms with van der Waals surface area (Å²) >= 11 is 0. The lowest BCUT2D eigenvalue weighted by atomic mass is 9.77. The summed E-state index contributed by atoms with van der Waals surface area (Å²) < 4.78 is 15.5. The molecular weight excluding hydrogens is 477 g/mol. The zero-order chi connectivity index (χ0) is 27.7. The first kappa shape index (κ1) is 30.2. The second-order valence-electron chi connectivity index (χ2n) is 13.0. The van der Waals surface area contributed by atoms with Crippen molar-refractivity contribution in [2.45, 2.75) is 149 Å². The van der Waals surface area contributed by atoms with E-state index in [2.05, 4.69) is 81.7 Å². The van der Waals surface area contributed by atoms with Crippen molar-refractivity contribution in [1.82, 2.24) is 4.57 Å². The molecule has 3 nitrogen and oxygen atoms in total. The Balaban J connectivity index is 1.27. The lowest BCUT2D eigenvalue weighted by Crippen LogP contribution is -2.41. The highest BCUT2D eigenvalue weighted by molar-refractivity contribution is 6.65. The molecule has 1 fully saturated rings. The van der Waals surface area contributed by atoms with Gasteiger partial charge in [-0.3, -0.25) is 0 Å². The summed E-state index contributed by atoms with van der Waals surface area (Å²) in [5.41, 5.74) is 3.07. The number of unbranched alkanes of at least 4 members (excludes halogenated alkanes) is 14. The summed E-state index contributed by atoms with van der Waals surface area (Å²) in [6.45, 7) is 11.9. The van der Waals surface area contributed by atoms with E-state index in [9.17, 15) is 0 Å². The van der Waals surface area contributed by atoms with Crippen LogP contribution in [0.4, 0.5) is 0 Å². The Kier molecular flexibility index (Phi) is 11.0. The average molecular weight is 532 g/mol. The number of nitrogens with zero attached hydrogens (tertiary/aromatic N) is 1. The van der Waals surface area contributed by atoms with E-state index >= 15 is 0 Å². The van der Waals surface area contributed by atoms with E-state index in [0.717, 1.165) is 12.0 Å². The molecule has 0 aliphatic carbocycles. The molecule has 4 rings (SSSR count). The van der Waals surface area contributed by atoms with Crippen LogP contribution < -0.4 is 5.46 Å². The molecule has 0 spiro atoms. The van der Waals surface area contributed by atoms with Crippen molar-refractivity contribution in [3.8, 4) is 0 Å². The van der Waals surface area contributed by atoms with Gasteiger partial charge in [-0.1, -0.05) is 133 Å². The van der Waals surface area contributed by atoms with Gasteiger partial charge in [0.15, 0.2) is 0 Å². The summed E-state index contributed by atoms with van der Waals surface area (Å²) in [4.78, 5) is 0. The second kappa shape index (κ2) is 14.2. The molecule has 2 heterocycles. The first-order valence-corrected chi connectivity index (χ1v) is 16.2. The predicted molar refractivity (Wildman–Crippen MR) is 170 cm³/mol. The quantitative estimate of drug-likeness (QED) is 0.128. The summed E-state index contributed by atoms with van der Waals surface area (Å²) in [7, 11) is -0.345. The maximum Gasteiger partial charge on any atom is 0.497 e. The highest BCUT2D eigenvalue weighted by Crippen LogP contribution is 2.38. The molecule has 1 aliphatic rings. The Bertz CT molecular complexity index is 1150. The normalized spacial score (nSPS) is 16.6. The minimum atomic E-state index is -0.345. The fourth-order valence-corrected chi connectivity index (χ4v) is 6.17. The van der Waals surface area contributed by atoms with Gasteiger partial charge in [0.1, 0.15) is 0 Å². The molecule has 4 heteroatoms. The molecule has 3 aromatic rings. The van der Waals surface area contributed by atoms with Crippen LogP contribution in [0.1, 0.15) is 131 Å². The molecular formula is C35H54BNO2. The third-order valence-electron chi connectivity index (χ3n) is 9.31. The average Bonchev–Trinajstić information content (AvgIpc) is 3.35. The summed E-state index contributed by atoms with van der Waals surface area (Å²) in [6.07, 6.45) is 20.9. The van der Waals surface area contributed by atoms with E-state index in [1.54, 1.807) is 0 Å². The van der Waals surface area contributed by atoms with Gasteiger partial charge in [-0.25, -0.2) is 0 Å². The number of benzene rings is 2. The topological polar surface area (TPSA) is 23.4 Å². The number of hydrogen-bond donors (Lipinski definition) is 0. The number of fused-ring (bicyclic) bond motifs is 3. The largest absolute Gasteiger partial charge is 0.497 e. The van der Waals surface area contributed by atoms with Crippen LogP contribution in [0, 0.1) is 0 Å². The highest BCUT2D eigenvalue weighted by atomic mass is 16.7. The molecule has 1 aromatic heterocycles. The third-order valence-corrected chi connectivity index (χ3v) is 9.31. The molecule has 214 valence electrons. The van der Waals surface area contributed by atoms with E-state index < -0.39 is 0 Å². The smallest absolute Gasteiger partial charge is 0.399 e. The van der Waals surface area contributed by atoms with Gasteiger partial charge < -0.3 is 13.9 Å². The number of para-hydroxylation sites is 2. The van der Waals surface area contributed by atoms with Crippen LogP contribution in [-0.2, 0) is 15.9 Å². The van der Waals surface area contributed by atoms with E-state index in [-0.39, 0.29) is 18.3 Å². The van der Waals surface area contributed by atoms with E-state index in [4.69, 9.17) is 9.31 Å². The van der Waals surface area contributed by atoms with Crippen LogP contribution in [-0.4, -0.2) is 22.9 Å².